The molecule has 1 saturated heterocycles. The van der Waals surface area contributed by atoms with Gasteiger partial charge in [-0.25, -0.2) is 4.39 Å². The molecular formula is C27H22FNO4. The number of aliphatic hydroxyl groups excluding tert-OH is 1. The van der Waals surface area contributed by atoms with Crippen molar-refractivity contribution in [3.05, 3.63) is 106 Å². The van der Waals surface area contributed by atoms with Gasteiger partial charge >= 0.3 is 0 Å². The molecule has 1 amide bonds. The van der Waals surface area contributed by atoms with Crippen LogP contribution in [0.5, 0.6) is 5.75 Å². The molecule has 0 bridgehead atoms. The van der Waals surface area contributed by atoms with Gasteiger partial charge in [-0.15, -0.1) is 0 Å². The summed E-state index contributed by atoms with van der Waals surface area (Å²) in [5, 5.41) is 11.3. The van der Waals surface area contributed by atoms with Gasteiger partial charge in [-0.05, 0) is 53.9 Å². The molecule has 0 radical (unpaired) electrons. The average Bonchev–Trinajstić information content (AvgIpc) is 3.38. The monoisotopic (exact) mass is 443 g/mol. The minimum absolute atomic E-state index is 0.0478. The molecule has 1 atom stereocenters. The molecule has 166 valence electrons. The van der Waals surface area contributed by atoms with Crippen LogP contribution in [0.3, 0.4) is 0 Å². The Kier molecular flexibility index (Phi) is 5.21. The van der Waals surface area contributed by atoms with Crippen molar-refractivity contribution < 1.29 is 23.8 Å². The second kappa shape index (κ2) is 8.20. The van der Waals surface area contributed by atoms with Crippen molar-refractivity contribution in [3.63, 3.8) is 0 Å². The van der Waals surface area contributed by atoms with Crippen molar-refractivity contribution in [1.82, 2.24) is 4.90 Å². The summed E-state index contributed by atoms with van der Waals surface area (Å²) in [6.45, 7) is 2.61. The number of Topliss-reactive ketones (excluding diaryl/α,β-unsaturated/α-hetero) is 1. The normalized spacial score (nSPS) is 19.0. The molecule has 1 N–H and O–H groups in total. The number of likely N-dealkylation sites (tertiary alicyclic amines) is 1. The molecule has 5 nitrogen and oxygen atoms in total. The van der Waals surface area contributed by atoms with E-state index in [2.05, 4.69) is 0 Å². The molecule has 5 rings (SSSR count). The molecule has 33 heavy (non-hydrogen) atoms. The van der Waals surface area contributed by atoms with Crippen molar-refractivity contribution in [2.45, 2.75) is 25.9 Å². The number of ether oxygens (including phenoxy) is 1. The molecule has 1 unspecified atom stereocenters. The number of carbonyl (C=O) groups excluding carboxylic acids is 2. The Balaban J connectivity index is 1.63. The van der Waals surface area contributed by atoms with E-state index < -0.39 is 17.7 Å². The Bertz CT molecular complexity index is 1300. The van der Waals surface area contributed by atoms with E-state index in [1.165, 1.54) is 17.0 Å². The molecule has 3 aromatic rings. The lowest BCUT2D eigenvalue weighted by Crippen LogP contribution is -2.29. The summed E-state index contributed by atoms with van der Waals surface area (Å²) < 4.78 is 18.9. The lowest BCUT2D eigenvalue weighted by atomic mass is 9.93. The first-order valence-corrected chi connectivity index (χ1v) is 10.8. The first-order chi connectivity index (χ1) is 15.9. The molecule has 0 spiro atoms. The summed E-state index contributed by atoms with van der Waals surface area (Å²) in [6.07, 6.45) is 0.719. The topological polar surface area (TPSA) is 66.8 Å². The standard InChI is InChI=1S/C27H22FNO4/c1-16-3-2-4-19(13-16)24-23(25(30)20-7-10-22-18(14-20)11-12-33-22)26(31)27(32)29(24)15-17-5-8-21(28)9-6-17/h2-10,13-14,24,30H,11-12,15H2,1H3/b25-23-. The second-order valence-electron chi connectivity index (χ2n) is 8.39. The molecule has 2 aliphatic rings. The maximum atomic E-state index is 13.4. The van der Waals surface area contributed by atoms with Crippen LogP contribution in [0.1, 0.15) is 33.9 Å². The highest BCUT2D eigenvalue weighted by atomic mass is 19.1. The molecule has 2 aliphatic heterocycles. The van der Waals surface area contributed by atoms with E-state index in [-0.39, 0.29) is 23.7 Å². The molecule has 0 aliphatic carbocycles. The highest BCUT2D eigenvalue weighted by Gasteiger charge is 2.46. The van der Waals surface area contributed by atoms with Gasteiger partial charge in [-0.2, -0.15) is 0 Å². The lowest BCUT2D eigenvalue weighted by molar-refractivity contribution is -0.140. The van der Waals surface area contributed by atoms with Crippen LogP contribution in [0.4, 0.5) is 4.39 Å². The van der Waals surface area contributed by atoms with Crippen LogP contribution < -0.4 is 4.74 Å². The molecular weight excluding hydrogens is 421 g/mol. The number of rotatable bonds is 4. The number of aryl methyl sites for hydroxylation is 1. The molecule has 2 heterocycles. The van der Waals surface area contributed by atoms with Gasteiger partial charge in [0.2, 0.25) is 0 Å². The third kappa shape index (κ3) is 3.78. The lowest BCUT2D eigenvalue weighted by Gasteiger charge is -2.25. The minimum Gasteiger partial charge on any atom is -0.507 e. The number of aliphatic hydroxyl groups is 1. The SMILES string of the molecule is Cc1cccc(C2/C(=C(/O)c3ccc4c(c3)CCO4)C(=O)C(=O)N2Cc2ccc(F)cc2)c1. The Labute approximate surface area is 190 Å². The highest BCUT2D eigenvalue weighted by molar-refractivity contribution is 6.46. The minimum atomic E-state index is -0.764. The number of amides is 1. The number of ketones is 1. The van der Waals surface area contributed by atoms with Crippen molar-refractivity contribution in [3.8, 4) is 5.75 Å². The van der Waals surface area contributed by atoms with Gasteiger partial charge in [0, 0.05) is 18.5 Å². The van der Waals surface area contributed by atoms with Crippen molar-refractivity contribution in [1.29, 1.82) is 0 Å². The van der Waals surface area contributed by atoms with E-state index in [1.807, 2.05) is 31.2 Å². The summed E-state index contributed by atoms with van der Waals surface area (Å²) >= 11 is 0. The fourth-order valence-corrected chi connectivity index (χ4v) is 4.51. The van der Waals surface area contributed by atoms with Crippen LogP contribution in [0.2, 0.25) is 0 Å². The molecule has 0 saturated carbocycles. The molecule has 1 fully saturated rings. The third-order valence-electron chi connectivity index (χ3n) is 6.13. The summed E-state index contributed by atoms with van der Waals surface area (Å²) in [4.78, 5) is 27.7. The predicted molar refractivity (Wildman–Crippen MR) is 121 cm³/mol. The van der Waals surface area contributed by atoms with E-state index in [1.54, 1.807) is 30.3 Å². The maximum absolute atomic E-state index is 13.4. The molecule has 3 aromatic carbocycles. The number of fused-ring (bicyclic) bond motifs is 1. The largest absolute Gasteiger partial charge is 0.507 e. The summed E-state index contributed by atoms with van der Waals surface area (Å²) in [5.74, 6) is -1.26. The highest BCUT2D eigenvalue weighted by Crippen LogP contribution is 2.41. The van der Waals surface area contributed by atoms with E-state index in [0.29, 0.717) is 17.7 Å². The Morgan fingerprint density at radius 3 is 2.64 bits per heavy atom. The molecule has 0 aromatic heterocycles. The van der Waals surface area contributed by atoms with Crippen LogP contribution in [0.25, 0.3) is 5.76 Å². The zero-order valence-electron chi connectivity index (χ0n) is 18.0. The van der Waals surface area contributed by atoms with Crippen molar-refractivity contribution in [2.24, 2.45) is 0 Å². The number of hydrogen-bond acceptors (Lipinski definition) is 4. The van der Waals surface area contributed by atoms with E-state index in [9.17, 15) is 19.1 Å². The van der Waals surface area contributed by atoms with Crippen LogP contribution in [0, 0.1) is 12.7 Å². The van der Waals surface area contributed by atoms with Gasteiger partial charge < -0.3 is 14.7 Å². The van der Waals surface area contributed by atoms with Crippen LogP contribution in [-0.4, -0.2) is 28.3 Å². The van der Waals surface area contributed by atoms with Gasteiger partial charge in [-0.1, -0.05) is 42.0 Å². The van der Waals surface area contributed by atoms with Gasteiger partial charge in [0.15, 0.2) is 0 Å². The second-order valence-corrected chi connectivity index (χ2v) is 8.39. The fraction of sp³-hybridized carbons (Fsp3) is 0.185. The van der Waals surface area contributed by atoms with E-state index >= 15 is 0 Å². The number of hydrogen-bond donors (Lipinski definition) is 1. The van der Waals surface area contributed by atoms with E-state index in [0.717, 1.165) is 28.9 Å². The van der Waals surface area contributed by atoms with Gasteiger partial charge in [0.25, 0.3) is 11.7 Å². The molecule has 6 heteroatoms. The first kappa shape index (κ1) is 20.9. The zero-order valence-corrected chi connectivity index (χ0v) is 18.0. The predicted octanol–water partition coefficient (Wildman–Crippen LogP) is 4.69. The third-order valence-corrected chi connectivity index (χ3v) is 6.13. The average molecular weight is 443 g/mol. The summed E-state index contributed by atoms with van der Waals surface area (Å²) in [5.41, 5.74) is 3.84. The van der Waals surface area contributed by atoms with Gasteiger partial charge in [-0.3, -0.25) is 9.59 Å². The summed E-state index contributed by atoms with van der Waals surface area (Å²) in [6, 6.07) is 17.8. The first-order valence-electron chi connectivity index (χ1n) is 10.8. The van der Waals surface area contributed by atoms with Crippen LogP contribution >= 0.6 is 0 Å². The quantitative estimate of drug-likeness (QED) is 0.361. The van der Waals surface area contributed by atoms with Crippen LogP contribution in [0.15, 0.2) is 72.3 Å². The fourth-order valence-electron chi connectivity index (χ4n) is 4.51. The summed E-state index contributed by atoms with van der Waals surface area (Å²) in [7, 11) is 0. The van der Waals surface area contributed by atoms with Gasteiger partial charge in [0.1, 0.15) is 17.3 Å². The van der Waals surface area contributed by atoms with Gasteiger partial charge in [0.05, 0.1) is 18.2 Å². The maximum Gasteiger partial charge on any atom is 0.295 e. The van der Waals surface area contributed by atoms with E-state index in [4.69, 9.17) is 4.74 Å². The Morgan fingerprint density at radius 2 is 1.88 bits per heavy atom. The number of nitrogens with zero attached hydrogens (tertiary/aromatic N) is 1. The smallest absolute Gasteiger partial charge is 0.295 e. The number of carbonyl (C=O) groups is 2. The Hall–Kier alpha value is -3.93. The number of halogens is 1. The zero-order chi connectivity index (χ0) is 23.1. The van der Waals surface area contributed by atoms with Crippen molar-refractivity contribution in [2.75, 3.05) is 6.61 Å². The Morgan fingerprint density at radius 1 is 1.09 bits per heavy atom. The van der Waals surface area contributed by atoms with Crippen LogP contribution in [-0.2, 0) is 22.6 Å². The number of benzene rings is 3. The van der Waals surface area contributed by atoms with Crippen molar-refractivity contribution >= 4 is 17.4 Å².